The van der Waals surface area contributed by atoms with Gasteiger partial charge in [-0.15, -0.1) is 0 Å². The van der Waals surface area contributed by atoms with Crippen LogP contribution in [0.4, 0.5) is 17.1 Å². The lowest BCUT2D eigenvalue weighted by Crippen LogP contribution is -2.40. The summed E-state index contributed by atoms with van der Waals surface area (Å²) >= 11 is 0. The first kappa shape index (κ1) is 17.9. The zero-order valence-electron chi connectivity index (χ0n) is 15.2. The first-order chi connectivity index (χ1) is 13.6. The van der Waals surface area contributed by atoms with Crippen molar-refractivity contribution in [1.82, 2.24) is 4.98 Å². The van der Waals surface area contributed by atoms with E-state index in [1.165, 1.54) is 12.3 Å². The van der Waals surface area contributed by atoms with Crippen LogP contribution in [0.25, 0.3) is 10.8 Å². The number of carbonyl (C=O) groups is 1. The Hall–Kier alpha value is -3.48. The molecule has 28 heavy (non-hydrogen) atoms. The minimum atomic E-state index is -0.389. The van der Waals surface area contributed by atoms with E-state index < -0.39 is 0 Å². The lowest BCUT2D eigenvalue weighted by atomic mass is 9.95. The van der Waals surface area contributed by atoms with Crippen molar-refractivity contribution >= 4 is 33.7 Å². The van der Waals surface area contributed by atoms with Gasteiger partial charge in [-0.1, -0.05) is 18.2 Å². The van der Waals surface area contributed by atoms with E-state index in [0.717, 1.165) is 36.1 Å². The Balaban J connectivity index is 1.59. The van der Waals surface area contributed by atoms with Gasteiger partial charge in [0.15, 0.2) is 0 Å². The molecule has 7 nitrogen and oxygen atoms in total. The van der Waals surface area contributed by atoms with E-state index in [2.05, 4.69) is 15.2 Å². The number of piperidine rings is 1. The highest BCUT2D eigenvalue weighted by molar-refractivity contribution is 6.00. The normalized spacial score (nSPS) is 16.7. The number of pyridine rings is 1. The van der Waals surface area contributed by atoms with Crippen LogP contribution in [0, 0.1) is 16.0 Å². The SMILES string of the molecule is O=C(Nc1ccccc1)[C@@H]1CCCN(c2ccc([N+](=O)[O-])c3cnccc23)C1. The first-order valence-electron chi connectivity index (χ1n) is 9.25. The van der Waals surface area contributed by atoms with Gasteiger partial charge in [-0.2, -0.15) is 0 Å². The molecule has 1 amide bonds. The summed E-state index contributed by atoms with van der Waals surface area (Å²) < 4.78 is 0. The highest BCUT2D eigenvalue weighted by atomic mass is 16.6. The predicted molar refractivity (Wildman–Crippen MR) is 108 cm³/mol. The van der Waals surface area contributed by atoms with Crippen LogP contribution in [0.2, 0.25) is 0 Å². The number of para-hydroxylation sites is 1. The maximum Gasteiger partial charge on any atom is 0.278 e. The highest BCUT2D eigenvalue weighted by Crippen LogP contribution is 2.35. The van der Waals surface area contributed by atoms with Gasteiger partial charge in [0, 0.05) is 48.3 Å². The number of fused-ring (bicyclic) bond motifs is 1. The molecule has 1 fully saturated rings. The number of amides is 1. The summed E-state index contributed by atoms with van der Waals surface area (Å²) in [5.41, 5.74) is 1.74. The fourth-order valence-electron chi connectivity index (χ4n) is 3.77. The number of non-ortho nitro benzene ring substituents is 1. The average molecular weight is 376 g/mol. The Kier molecular flexibility index (Phi) is 4.89. The number of nitrogens with one attached hydrogen (secondary N) is 1. The molecule has 0 radical (unpaired) electrons. The van der Waals surface area contributed by atoms with Crippen molar-refractivity contribution in [2.24, 2.45) is 5.92 Å². The largest absolute Gasteiger partial charge is 0.370 e. The molecule has 0 bridgehead atoms. The Morgan fingerprint density at radius 3 is 2.75 bits per heavy atom. The standard InChI is InChI=1S/C21H20N4O3/c26-21(23-16-6-2-1-3-7-16)15-5-4-12-24(14-15)19-8-9-20(25(27)28)18-13-22-11-10-17(18)19/h1-3,6-11,13,15H,4-5,12,14H2,(H,23,26)/t15-/m1/s1. The molecule has 1 atom stereocenters. The van der Waals surface area contributed by atoms with Crippen molar-refractivity contribution < 1.29 is 9.72 Å². The predicted octanol–water partition coefficient (Wildman–Crippen LogP) is 4.00. The van der Waals surface area contributed by atoms with E-state index in [1.807, 2.05) is 30.3 Å². The van der Waals surface area contributed by atoms with Gasteiger partial charge in [0.2, 0.25) is 5.91 Å². The summed E-state index contributed by atoms with van der Waals surface area (Å²) in [7, 11) is 0. The van der Waals surface area contributed by atoms with Crippen LogP contribution in [0.3, 0.4) is 0 Å². The zero-order valence-corrected chi connectivity index (χ0v) is 15.2. The Morgan fingerprint density at radius 2 is 1.96 bits per heavy atom. The minimum Gasteiger partial charge on any atom is -0.370 e. The van der Waals surface area contributed by atoms with E-state index in [4.69, 9.17) is 0 Å². The molecule has 0 aliphatic carbocycles. The lowest BCUT2D eigenvalue weighted by Gasteiger charge is -2.34. The number of hydrogen-bond donors (Lipinski definition) is 1. The van der Waals surface area contributed by atoms with Crippen molar-refractivity contribution in [3.63, 3.8) is 0 Å². The summed E-state index contributed by atoms with van der Waals surface area (Å²) in [6.45, 7) is 1.39. The summed E-state index contributed by atoms with van der Waals surface area (Å²) in [5.74, 6) is -0.134. The molecule has 142 valence electrons. The fourth-order valence-corrected chi connectivity index (χ4v) is 3.77. The van der Waals surface area contributed by atoms with E-state index in [1.54, 1.807) is 18.3 Å². The van der Waals surface area contributed by atoms with E-state index in [9.17, 15) is 14.9 Å². The topological polar surface area (TPSA) is 88.4 Å². The third kappa shape index (κ3) is 3.51. The number of anilines is 2. The van der Waals surface area contributed by atoms with Crippen LogP contribution in [-0.4, -0.2) is 28.9 Å². The van der Waals surface area contributed by atoms with Crippen LogP contribution in [0.15, 0.2) is 60.9 Å². The maximum absolute atomic E-state index is 12.7. The molecule has 1 N–H and O–H groups in total. The maximum atomic E-state index is 12.7. The first-order valence-corrected chi connectivity index (χ1v) is 9.25. The van der Waals surface area contributed by atoms with Gasteiger partial charge in [-0.3, -0.25) is 19.9 Å². The quantitative estimate of drug-likeness (QED) is 0.549. The lowest BCUT2D eigenvalue weighted by molar-refractivity contribution is -0.383. The second-order valence-corrected chi connectivity index (χ2v) is 6.92. The fraction of sp³-hybridized carbons (Fsp3) is 0.238. The van der Waals surface area contributed by atoms with Crippen molar-refractivity contribution in [3.8, 4) is 0 Å². The second kappa shape index (κ2) is 7.64. The van der Waals surface area contributed by atoms with E-state index in [0.29, 0.717) is 11.9 Å². The van der Waals surface area contributed by atoms with Crippen LogP contribution in [-0.2, 0) is 4.79 Å². The van der Waals surface area contributed by atoms with Gasteiger partial charge in [0.25, 0.3) is 5.69 Å². The molecule has 2 heterocycles. The number of carbonyl (C=O) groups excluding carboxylic acids is 1. The molecule has 1 saturated heterocycles. The number of nitrogens with zero attached hydrogens (tertiary/aromatic N) is 3. The van der Waals surface area contributed by atoms with Gasteiger partial charge in [-0.05, 0) is 37.1 Å². The molecule has 3 aromatic rings. The third-order valence-corrected chi connectivity index (χ3v) is 5.14. The number of benzene rings is 2. The van der Waals surface area contributed by atoms with Crippen LogP contribution in [0.5, 0.6) is 0 Å². The van der Waals surface area contributed by atoms with Gasteiger partial charge in [0.1, 0.15) is 0 Å². The number of rotatable bonds is 4. The average Bonchev–Trinajstić information content (AvgIpc) is 2.73. The Labute approximate surface area is 162 Å². The summed E-state index contributed by atoms with van der Waals surface area (Å²) in [6.07, 6.45) is 4.87. The van der Waals surface area contributed by atoms with Gasteiger partial charge >= 0.3 is 0 Å². The molecule has 0 spiro atoms. The monoisotopic (exact) mass is 376 g/mol. The number of aromatic nitrogens is 1. The van der Waals surface area contributed by atoms with E-state index in [-0.39, 0.29) is 22.4 Å². The highest BCUT2D eigenvalue weighted by Gasteiger charge is 2.27. The van der Waals surface area contributed by atoms with Crippen LogP contribution >= 0.6 is 0 Å². The molecule has 0 saturated carbocycles. The molecule has 2 aromatic carbocycles. The number of nitro groups is 1. The smallest absolute Gasteiger partial charge is 0.278 e. The molecule has 0 unspecified atom stereocenters. The molecule has 4 rings (SSSR count). The molecule has 1 aromatic heterocycles. The number of nitro benzene ring substituents is 1. The van der Waals surface area contributed by atoms with Crippen LogP contribution < -0.4 is 10.2 Å². The molecule has 1 aliphatic heterocycles. The summed E-state index contributed by atoms with van der Waals surface area (Å²) in [6, 6.07) is 14.5. The van der Waals surface area contributed by atoms with E-state index >= 15 is 0 Å². The van der Waals surface area contributed by atoms with Gasteiger partial charge in [0.05, 0.1) is 16.2 Å². The number of hydrogen-bond acceptors (Lipinski definition) is 5. The molecule has 7 heteroatoms. The Bertz CT molecular complexity index is 1020. The second-order valence-electron chi connectivity index (χ2n) is 6.92. The molecular formula is C21H20N4O3. The van der Waals surface area contributed by atoms with Gasteiger partial charge in [-0.25, -0.2) is 0 Å². The molecule has 1 aliphatic rings. The Morgan fingerprint density at radius 1 is 1.14 bits per heavy atom. The van der Waals surface area contributed by atoms with Crippen molar-refractivity contribution in [1.29, 1.82) is 0 Å². The molecular weight excluding hydrogens is 356 g/mol. The zero-order chi connectivity index (χ0) is 19.5. The third-order valence-electron chi connectivity index (χ3n) is 5.14. The minimum absolute atomic E-state index is 0.00350. The van der Waals surface area contributed by atoms with Crippen molar-refractivity contribution in [2.45, 2.75) is 12.8 Å². The van der Waals surface area contributed by atoms with Gasteiger partial charge < -0.3 is 10.2 Å². The summed E-state index contributed by atoms with van der Waals surface area (Å²) in [4.78, 5) is 29.8. The van der Waals surface area contributed by atoms with Crippen LogP contribution in [0.1, 0.15) is 12.8 Å². The van der Waals surface area contributed by atoms with Crippen molar-refractivity contribution in [3.05, 3.63) is 71.0 Å². The summed E-state index contributed by atoms with van der Waals surface area (Å²) in [5, 5.41) is 15.6. The van der Waals surface area contributed by atoms with Crippen molar-refractivity contribution in [2.75, 3.05) is 23.3 Å².